The third-order valence-corrected chi connectivity index (χ3v) is 6.83. The number of anilines is 1. The van der Waals surface area contributed by atoms with E-state index in [1.165, 1.54) is 36.9 Å². The van der Waals surface area contributed by atoms with Gasteiger partial charge in [-0.05, 0) is 49.4 Å². The number of ether oxygens (including phenoxy) is 1. The number of carbonyl (C=O) groups is 2. The Morgan fingerprint density at radius 3 is 2.19 bits per heavy atom. The molecule has 0 unspecified atom stereocenters. The molecular weight excluding hydrogens is 619 g/mol. The summed E-state index contributed by atoms with van der Waals surface area (Å²) in [6.45, 7) is 2.28. The fourth-order valence-electron chi connectivity index (χ4n) is 4.31. The molecule has 0 saturated heterocycles. The highest BCUT2D eigenvalue weighted by Crippen LogP contribution is 2.37. The van der Waals surface area contributed by atoms with Gasteiger partial charge in [0.2, 0.25) is 5.91 Å². The van der Waals surface area contributed by atoms with E-state index in [2.05, 4.69) is 9.84 Å². The summed E-state index contributed by atoms with van der Waals surface area (Å²) in [6, 6.07) is 5.90. The fourth-order valence-corrected chi connectivity index (χ4v) is 4.94. The van der Waals surface area contributed by atoms with Crippen LogP contribution in [0.4, 0.5) is 45.2 Å². The van der Waals surface area contributed by atoms with Gasteiger partial charge in [-0.1, -0.05) is 18.2 Å². The molecule has 1 aromatic heterocycles. The lowest BCUT2D eigenvalue weighted by molar-refractivity contribution is -0.274. The van der Waals surface area contributed by atoms with Crippen LogP contribution in [-0.4, -0.2) is 46.0 Å². The molecule has 1 heterocycles. The molecule has 17 heteroatoms. The Hall–Kier alpha value is -3.89. The number of carbonyl (C=O) groups excluding carboxylic acids is 2. The van der Waals surface area contributed by atoms with Gasteiger partial charge < -0.3 is 15.4 Å². The second-order valence-electron chi connectivity index (χ2n) is 9.26. The van der Waals surface area contributed by atoms with Crippen molar-refractivity contribution in [2.24, 2.45) is 5.73 Å². The molecule has 0 aliphatic heterocycles. The largest absolute Gasteiger partial charge is 0.573 e. The minimum absolute atomic E-state index is 0.0760. The summed E-state index contributed by atoms with van der Waals surface area (Å²) < 4.78 is 123. The maximum Gasteiger partial charge on any atom is 0.573 e. The minimum atomic E-state index is -5.23. The Morgan fingerprint density at radius 2 is 1.67 bits per heavy atom. The molecule has 0 aliphatic carbocycles. The highest BCUT2D eigenvalue weighted by atomic mass is 32.2. The summed E-state index contributed by atoms with van der Waals surface area (Å²) in [5, 5.41) is 3.07. The zero-order chi connectivity index (χ0) is 32.5. The van der Waals surface area contributed by atoms with Crippen molar-refractivity contribution < 1.29 is 53.8 Å². The molecule has 2 amide bonds. The van der Waals surface area contributed by atoms with E-state index >= 15 is 0 Å². The molecule has 2 N–H and O–H groups in total. The Bertz CT molecular complexity index is 1500. The summed E-state index contributed by atoms with van der Waals surface area (Å²) in [5.41, 5.74) is 1.05. The molecule has 0 aliphatic rings. The van der Waals surface area contributed by atoms with Crippen LogP contribution in [0.15, 0.2) is 42.5 Å². The first-order chi connectivity index (χ1) is 19.7. The van der Waals surface area contributed by atoms with E-state index in [0.717, 1.165) is 23.1 Å². The summed E-state index contributed by atoms with van der Waals surface area (Å²) in [7, 11) is 0. The van der Waals surface area contributed by atoms with Crippen molar-refractivity contribution in [1.82, 2.24) is 9.78 Å². The quantitative estimate of drug-likeness (QED) is 0.264. The molecule has 234 valence electrons. The van der Waals surface area contributed by atoms with Crippen LogP contribution < -0.4 is 15.4 Å². The van der Waals surface area contributed by atoms with Crippen LogP contribution in [0, 0.1) is 6.92 Å². The lowest BCUT2D eigenvalue weighted by atomic mass is 10.0. The molecule has 0 spiro atoms. The molecule has 43 heavy (non-hydrogen) atoms. The zero-order valence-corrected chi connectivity index (χ0v) is 23.3. The SMILES string of the molecule is CSC[C@H](C)N(C(=O)c1c(OC(F)(F)F)cccc1C(N)=O)c1ccc(Cn2nc(C(F)(F)F)cc2C(F)(F)F)cc1C. The summed E-state index contributed by atoms with van der Waals surface area (Å²) in [5.74, 6) is -3.03. The van der Waals surface area contributed by atoms with Gasteiger partial charge in [-0.3, -0.25) is 14.3 Å². The van der Waals surface area contributed by atoms with Crippen LogP contribution >= 0.6 is 11.8 Å². The van der Waals surface area contributed by atoms with Crippen LogP contribution in [0.5, 0.6) is 5.75 Å². The Kier molecular flexibility index (Phi) is 9.68. The van der Waals surface area contributed by atoms with Gasteiger partial charge in [0.05, 0.1) is 17.7 Å². The van der Waals surface area contributed by atoms with E-state index in [1.807, 2.05) is 0 Å². The summed E-state index contributed by atoms with van der Waals surface area (Å²) in [6.07, 6.45) is -13.8. The van der Waals surface area contributed by atoms with Gasteiger partial charge in [-0.15, -0.1) is 13.2 Å². The monoisotopic (exact) mass is 642 g/mol. The maximum absolute atomic E-state index is 13.9. The molecule has 0 radical (unpaired) electrons. The topological polar surface area (TPSA) is 90.5 Å². The van der Waals surface area contributed by atoms with E-state index in [9.17, 15) is 49.1 Å². The van der Waals surface area contributed by atoms with Gasteiger partial charge in [0.1, 0.15) is 11.4 Å². The number of rotatable bonds is 9. The Morgan fingerprint density at radius 1 is 1.02 bits per heavy atom. The second-order valence-corrected chi connectivity index (χ2v) is 10.2. The van der Waals surface area contributed by atoms with Crippen molar-refractivity contribution in [1.29, 1.82) is 0 Å². The molecule has 0 bridgehead atoms. The van der Waals surface area contributed by atoms with Crippen LogP contribution in [0.1, 0.15) is 50.2 Å². The Labute approximate surface area is 242 Å². The van der Waals surface area contributed by atoms with Gasteiger partial charge in [0.25, 0.3) is 5.91 Å². The molecule has 7 nitrogen and oxygen atoms in total. The predicted molar refractivity (Wildman–Crippen MR) is 139 cm³/mol. The third kappa shape index (κ3) is 7.94. The van der Waals surface area contributed by atoms with E-state index < -0.39 is 71.4 Å². The average Bonchev–Trinajstić information content (AvgIpc) is 3.29. The highest BCUT2D eigenvalue weighted by molar-refractivity contribution is 7.98. The lowest BCUT2D eigenvalue weighted by Crippen LogP contribution is -2.42. The number of hydrogen-bond donors (Lipinski definition) is 1. The number of aromatic nitrogens is 2. The maximum atomic E-state index is 13.9. The number of nitrogens with two attached hydrogens (primary N) is 1. The van der Waals surface area contributed by atoms with Crippen LogP contribution in [0.2, 0.25) is 0 Å². The number of benzene rings is 2. The molecule has 0 saturated carbocycles. The predicted octanol–water partition coefficient (Wildman–Crippen LogP) is 6.67. The highest BCUT2D eigenvalue weighted by Gasteiger charge is 2.42. The standard InChI is InChI=1S/C26H23F9N4O3S/c1-13-9-15(11-38-20(25(30,31)32)10-19(37-38)24(27,28)29)7-8-17(13)39(14(2)12-43-3)23(41)21-16(22(36)40)5-4-6-18(21)42-26(33,34)35/h4-10,14H,11-12H2,1-3H3,(H2,36,40)/t14-/m0/s1. The van der Waals surface area contributed by atoms with Crippen molar-refractivity contribution >= 4 is 29.3 Å². The number of primary amides is 1. The molecule has 2 aromatic carbocycles. The second kappa shape index (κ2) is 12.4. The molecule has 1 atom stereocenters. The number of halogens is 9. The minimum Gasteiger partial charge on any atom is -0.405 e. The molecule has 3 rings (SSSR count). The van der Waals surface area contributed by atoms with Crippen molar-refractivity contribution in [2.75, 3.05) is 16.9 Å². The summed E-state index contributed by atoms with van der Waals surface area (Å²) >= 11 is 1.28. The van der Waals surface area contributed by atoms with Gasteiger partial charge in [0.15, 0.2) is 5.69 Å². The lowest BCUT2D eigenvalue weighted by Gasteiger charge is -2.32. The first-order valence-corrected chi connectivity index (χ1v) is 13.5. The molecule has 0 fully saturated rings. The van der Waals surface area contributed by atoms with E-state index in [-0.39, 0.29) is 33.3 Å². The van der Waals surface area contributed by atoms with Gasteiger partial charge in [0, 0.05) is 23.5 Å². The summed E-state index contributed by atoms with van der Waals surface area (Å²) in [4.78, 5) is 27.1. The van der Waals surface area contributed by atoms with Gasteiger partial charge >= 0.3 is 18.7 Å². The van der Waals surface area contributed by atoms with Crippen LogP contribution in [0.25, 0.3) is 0 Å². The van der Waals surface area contributed by atoms with E-state index in [4.69, 9.17) is 5.73 Å². The van der Waals surface area contributed by atoms with Crippen molar-refractivity contribution in [3.8, 4) is 5.75 Å². The number of nitrogens with zero attached hydrogens (tertiary/aromatic N) is 3. The van der Waals surface area contributed by atoms with E-state index in [0.29, 0.717) is 0 Å². The van der Waals surface area contributed by atoms with Crippen LogP contribution in [-0.2, 0) is 18.9 Å². The number of aryl methyl sites for hydroxylation is 1. The fraction of sp³-hybridized carbons (Fsp3) is 0.346. The normalized spacial score (nSPS) is 13.1. The first kappa shape index (κ1) is 33.6. The first-order valence-electron chi connectivity index (χ1n) is 12.1. The van der Waals surface area contributed by atoms with Gasteiger partial charge in [-0.25, -0.2) is 0 Å². The molecular formula is C26H23F9N4O3S. The number of thioether (sulfide) groups is 1. The third-order valence-electron chi connectivity index (χ3n) is 6.01. The number of amides is 2. The zero-order valence-electron chi connectivity index (χ0n) is 22.5. The van der Waals surface area contributed by atoms with Crippen molar-refractivity contribution in [3.63, 3.8) is 0 Å². The number of hydrogen-bond acceptors (Lipinski definition) is 5. The van der Waals surface area contributed by atoms with Crippen LogP contribution in [0.3, 0.4) is 0 Å². The van der Waals surface area contributed by atoms with Gasteiger partial charge in [-0.2, -0.15) is 43.2 Å². The average molecular weight is 643 g/mol. The number of alkyl halides is 9. The Balaban J connectivity index is 2.12. The van der Waals surface area contributed by atoms with Crippen molar-refractivity contribution in [3.05, 3.63) is 76.1 Å². The smallest absolute Gasteiger partial charge is 0.405 e. The molecule has 3 aromatic rings. The van der Waals surface area contributed by atoms with Crippen molar-refractivity contribution in [2.45, 2.75) is 45.1 Å². The van der Waals surface area contributed by atoms with E-state index in [1.54, 1.807) is 13.2 Å².